The number of rotatable bonds is 5. The van der Waals surface area contributed by atoms with Crippen LogP contribution in [0.4, 0.5) is 4.39 Å². The summed E-state index contributed by atoms with van der Waals surface area (Å²) in [6, 6.07) is 4.25. The molecule has 0 unspecified atom stereocenters. The van der Waals surface area contributed by atoms with Gasteiger partial charge in [0.15, 0.2) is 0 Å². The first-order valence-corrected chi connectivity index (χ1v) is 7.30. The van der Waals surface area contributed by atoms with Crippen molar-refractivity contribution in [1.82, 2.24) is 5.32 Å². The average molecular weight is 333 g/mol. The zero-order chi connectivity index (χ0) is 13.1. The van der Waals surface area contributed by atoms with Gasteiger partial charge in [-0.25, -0.2) is 4.39 Å². The Hall–Kier alpha value is -0.380. The molecule has 0 saturated heterocycles. The van der Waals surface area contributed by atoms with E-state index < -0.39 is 0 Å². The van der Waals surface area contributed by atoms with Crippen LogP contribution in [0.5, 0.6) is 0 Å². The Balaban J connectivity index is 2.00. The molecule has 0 amide bonds. The van der Waals surface area contributed by atoms with Crippen molar-refractivity contribution in [3.8, 4) is 0 Å². The van der Waals surface area contributed by atoms with Crippen LogP contribution in [0.3, 0.4) is 0 Å². The third kappa shape index (κ3) is 3.56. The van der Waals surface area contributed by atoms with Gasteiger partial charge in [0.05, 0.1) is 5.02 Å². The molecule has 0 aromatic heterocycles. The molecule has 18 heavy (non-hydrogen) atoms. The molecule has 2 rings (SSSR count). The number of benzene rings is 1. The quantitative estimate of drug-likeness (QED) is 0.604. The average Bonchev–Trinajstić information content (AvgIpc) is 3.15. The fourth-order valence-corrected chi connectivity index (χ4v) is 2.28. The fraction of sp³-hybridized carbons (Fsp3) is 0.429. The Morgan fingerprint density at radius 1 is 1.56 bits per heavy atom. The lowest BCUT2D eigenvalue weighted by Gasteiger charge is -2.07. The third-order valence-electron chi connectivity index (χ3n) is 3.07. The van der Waals surface area contributed by atoms with E-state index in [0.29, 0.717) is 10.0 Å². The second-order valence-electron chi connectivity index (χ2n) is 4.63. The van der Waals surface area contributed by atoms with Crippen molar-refractivity contribution in [2.75, 3.05) is 6.54 Å². The second kappa shape index (κ2) is 6.18. The minimum Gasteiger partial charge on any atom is -0.314 e. The van der Waals surface area contributed by atoms with E-state index in [2.05, 4.69) is 27.3 Å². The lowest BCUT2D eigenvalue weighted by atomic mass is 10.1. The highest BCUT2D eigenvalue weighted by atomic mass is 79.9. The summed E-state index contributed by atoms with van der Waals surface area (Å²) in [5, 5.41) is 3.58. The van der Waals surface area contributed by atoms with Crippen molar-refractivity contribution in [1.29, 1.82) is 0 Å². The molecule has 0 bridgehead atoms. The molecule has 4 heteroatoms. The Bertz CT molecular complexity index is 469. The van der Waals surface area contributed by atoms with Crippen LogP contribution >= 0.6 is 27.5 Å². The van der Waals surface area contributed by atoms with Crippen LogP contribution in [0.2, 0.25) is 5.02 Å². The molecule has 0 heterocycles. The summed E-state index contributed by atoms with van der Waals surface area (Å²) in [7, 11) is 0. The number of allylic oxidation sites excluding steroid dienone is 1. The van der Waals surface area contributed by atoms with Crippen molar-refractivity contribution >= 4 is 33.1 Å². The summed E-state index contributed by atoms with van der Waals surface area (Å²) in [6.07, 6.45) is 5.55. The number of nitrogens with one attached hydrogen (secondary N) is 1. The van der Waals surface area contributed by atoms with Crippen LogP contribution in [0.25, 0.3) is 5.57 Å². The maximum Gasteiger partial charge on any atom is 0.150 e. The monoisotopic (exact) mass is 331 g/mol. The largest absolute Gasteiger partial charge is 0.314 e. The first-order valence-electron chi connectivity index (χ1n) is 6.13. The van der Waals surface area contributed by atoms with E-state index in [9.17, 15) is 4.39 Å². The molecule has 0 aliphatic heterocycles. The van der Waals surface area contributed by atoms with Gasteiger partial charge in [0.25, 0.3) is 0 Å². The summed E-state index contributed by atoms with van der Waals surface area (Å²) >= 11 is 9.09. The molecular weight excluding hydrogens is 317 g/mol. The maximum atomic E-state index is 13.9. The summed E-state index contributed by atoms with van der Waals surface area (Å²) in [5.74, 6) is -0.352. The Kier molecular flexibility index (Phi) is 4.82. The van der Waals surface area contributed by atoms with Crippen LogP contribution in [-0.4, -0.2) is 12.6 Å². The molecule has 1 aromatic rings. The molecule has 0 spiro atoms. The van der Waals surface area contributed by atoms with E-state index in [4.69, 9.17) is 11.6 Å². The van der Waals surface area contributed by atoms with Gasteiger partial charge in [0.1, 0.15) is 5.82 Å². The van der Waals surface area contributed by atoms with Crippen LogP contribution < -0.4 is 5.32 Å². The number of hydrogen-bond acceptors (Lipinski definition) is 1. The molecule has 1 fully saturated rings. The molecule has 1 nitrogen and oxygen atoms in total. The first-order chi connectivity index (χ1) is 8.59. The molecule has 0 radical (unpaired) electrons. The highest BCUT2D eigenvalue weighted by Crippen LogP contribution is 2.30. The van der Waals surface area contributed by atoms with E-state index in [-0.39, 0.29) is 10.8 Å². The van der Waals surface area contributed by atoms with Gasteiger partial charge in [0.2, 0.25) is 0 Å². The van der Waals surface area contributed by atoms with E-state index in [1.165, 1.54) is 12.8 Å². The van der Waals surface area contributed by atoms with E-state index >= 15 is 0 Å². The predicted octanol–water partition coefficient (Wildman–Crippen LogP) is 4.79. The molecule has 1 N–H and O–H groups in total. The van der Waals surface area contributed by atoms with Crippen molar-refractivity contribution in [2.45, 2.75) is 32.2 Å². The second-order valence-corrected chi connectivity index (χ2v) is 5.86. The van der Waals surface area contributed by atoms with E-state index in [0.717, 1.165) is 24.6 Å². The lowest BCUT2D eigenvalue weighted by molar-refractivity contribution is 0.623. The SMILES string of the molecule is C/C(=C/CCNC1CC1)c1ccc(Br)c(Cl)c1F. The van der Waals surface area contributed by atoms with Gasteiger partial charge in [-0.1, -0.05) is 23.7 Å². The van der Waals surface area contributed by atoms with Gasteiger partial charge in [-0.15, -0.1) is 0 Å². The van der Waals surface area contributed by atoms with Gasteiger partial charge < -0.3 is 5.32 Å². The summed E-state index contributed by atoms with van der Waals surface area (Å²) in [4.78, 5) is 0. The molecule has 1 aromatic carbocycles. The topological polar surface area (TPSA) is 12.0 Å². The van der Waals surface area contributed by atoms with Gasteiger partial charge in [-0.2, -0.15) is 0 Å². The minimum absolute atomic E-state index is 0.149. The molecule has 0 atom stereocenters. The predicted molar refractivity (Wildman–Crippen MR) is 78.4 cm³/mol. The highest BCUT2D eigenvalue weighted by Gasteiger charge is 2.19. The highest BCUT2D eigenvalue weighted by molar-refractivity contribution is 9.10. The summed E-state index contributed by atoms with van der Waals surface area (Å²) in [6.45, 7) is 2.87. The van der Waals surface area contributed by atoms with Gasteiger partial charge in [-0.3, -0.25) is 0 Å². The summed E-state index contributed by atoms with van der Waals surface area (Å²) in [5.41, 5.74) is 1.51. The van der Waals surface area contributed by atoms with Crippen molar-refractivity contribution < 1.29 is 4.39 Å². The Labute approximate surface area is 121 Å². The van der Waals surface area contributed by atoms with Gasteiger partial charge >= 0.3 is 0 Å². The normalized spacial score (nSPS) is 16.1. The molecule has 1 aliphatic rings. The minimum atomic E-state index is -0.352. The summed E-state index contributed by atoms with van der Waals surface area (Å²) < 4.78 is 14.5. The van der Waals surface area contributed by atoms with Crippen molar-refractivity contribution in [2.24, 2.45) is 0 Å². The Morgan fingerprint density at radius 2 is 2.28 bits per heavy atom. The smallest absolute Gasteiger partial charge is 0.150 e. The third-order valence-corrected chi connectivity index (χ3v) is 4.32. The maximum absolute atomic E-state index is 13.9. The van der Waals surface area contributed by atoms with Crippen molar-refractivity contribution in [3.05, 3.63) is 39.1 Å². The van der Waals surface area contributed by atoms with Crippen LogP contribution in [0.15, 0.2) is 22.7 Å². The van der Waals surface area contributed by atoms with E-state index in [1.54, 1.807) is 12.1 Å². The fourth-order valence-electron chi connectivity index (χ4n) is 1.80. The van der Waals surface area contributed by atoms with Crippen LogP contribution in [0, 0.1) is 5.82 Å². The molecular formula is C14H16BrClFN. The van der Waals surface area contributed by atoms with Crippen LogP contribution in [-0.2, 0) is 0 Å². The van der Waals surface area contributed by atoms with E-state index in [1.807, 2.05) is 6.92 Å². The van der Waals surface area contributed by atoms with Crippen LogP contribution in [0.1, 0.15) is 31.7 Å². The van der Waals surface area contributed by atoms with Gasteiger partial charge in [-0.05, 0) is 60.3 Å². The lowest BCUT2D eigenvalue weighted by Crippen LogP contribution is -2.16. The standard InChI is InChI=1S/C14H16BrClFN/c1-9(3-2-8-18-10-4-5-10)11-6-7-12(15)13(16)14(11)17/h3,6-7,10,18H,2,4-5,8H2,1H3/b9-3-. The molecule has 1 saturated carbocycles. The molecule has 1 aliphatic carbocycles. The number of hydrogen-bond donors (Lipinski definition) is 1. The first kappa shape index (κ1) is 14.0. The zero-order valence-corrected chi connectivity index (χ0v) is 12.6. The van der Waals surface area contributed by atoms with Crippen molar-refractivity contribution in [3.63, 3.8) is 0 Å². The Morgan fingerprint density at radius 3 is 2.94 bits per heavy atom. The molecule has 98 valence electrons. The zero-order valence-electron chi connectivity index (χ0n) is 10.3. The number of halogens is 3. The van der Waals surface area contributed by atoms with Gasteiger partial charge in [0, 0.05) is 16.1 Å².